The zero-order chi connectivity index (χ0) is 13.0. The highest BCUT2D eigenvalue weighted by Gasteiger charge is 2.22. The maximum atomic E-state index is 5.69. The molecule has 0 amide bonds. The summed E-state index contributed by atoms with van der Waals surface area (Å²) < 4.78 is 11.9. The Kier molecular flexibility index (Phi) is 5.03. The number of hydrogen-bond acceptors (Lipinski definition) is 3. The van der Waals surface area contributed by atoms with Gasteiger partial charge in [0.2, 0.25) is 0 Å². The lowest BCUT2D eigenvalue weighted by molar-refractivity contribution is 0.178. The van der Waals surface area contributed by atoms with Crippen LogP contribution in [0.2, 0.25) is 0 Å². The van der Waals surface area contributed by atoms with Crippen molar-refractivity contribution in [2.24, 2.45) is 0 Å². The van der Waals surface area contributed by atoms with Gasteiger partial charge in [-0.05, 0) is 31.5 Å². The molecule has 0 bridgehead atoms. The van der Waals surface area contributed by atoms with E-state index in [2.05, 4.69) is 34.2 Å². The minimum Gasteiger partial charge on any atom is -0.493 e. The van der Waals surface area contributed by atoms with Crippen LogP contribution in [-0.4, -0.2) is 26.4 Å². The summed E-state index contributed by atoms with van der Waals surface area (Å²) in [5.41, 5.74) is 1.25. The molecule has 18 heavy (non-hydrogen) atoms. The second-order valence-electron chi connectivity index (χ2n) is 4.72. The molecular formula is C14H20BrNO2. The highest BCUT2D eigenvalue weighted by atomic mass is 79.9. The number of fused-ring (bicyclic) bond motifs is 1. The molecule has 1 heterocycles. The molecule has 4 heteroatoms. The van der Waals surface area contributed by atoms with E-state index in [1.807, 2.05) is 12.1 Å². The van der Waals surface area contributed by atoms with E-state index < -0.39 is 0 Å². The van der Waals surface area contributed by atoms with Crippen molar-refractivity contribution in [2.45, 2.75) is 31.8 Å². The van der Waals surface area contributed by atoms with E-state index in [-0.39, 0.29) is 0 Å². The molecule has 1 aromatic carbocycles. The number of rotatable bonds is 5. The molecule has 2 atom stereocenters. The lowest BCUT2D eigenvalue weighted by Gasteiger charge is -2.29. The van der Waals surface area contributed by atoms with E-state index in [9.17, 15) is 0 Å². The van der Waals surface area contributed by atoms with Crippen molar-refractivity contribution in [1.82, 2.24) is 5.32 Å². The van der Waals surface area contributed by atoms with Crippen LogP contribution < -0.4 is 10.1 Å². The first kappa shape index (κ1) is 13.8. The topological polar surface area (TPSA) is 30.5 Å². The van der Waals surface area contributed by atoms with Gasteiger partial charge in [-0.3, -0.25) is 0 Å². The number of nitrogens with one attached hydrogen (secondary N) is 1. The van der Waals surface area contributed by atoms with Crippen molar-refractivity contribution in [2.75, 3.05) is 20.3 Å². The van der Waals surface area contributed by atoms with Gasteiger partial charge in [-0.2, -0.15) is 0 Å². The summed E-state index contributed by atoms with van der Waals surface area (Å²) >= 11 is 3.52. The van der Waals surface area contributed by atoms with Crippen LogP contribution in [0.4, 0.5) is 0 Å². The Hall–Kier alpha value is -0.580. The summed E-state index contributed by atoms with van der Waals surface area (Å²) in [6, 6.07) is 7.02. The number of benzene rings is 1. The van der Waals surface area contributed by atoms with Crippen molar-refractivity contribution in [1.29, 1.82) is 0 Å². The summed E-state index contributed by atoms with van der Waals surface area (Å²) in [5.74, 6) is 1.00. The Morgan fingerprint density at radius 3 is 3.17 bits per heavy atom. The average molecular weight is 314 g/mol. The molecule has 0 fully saturated rings. The zero-order valence-electron chi connectivity index (χ0n) is 10.9. The van der Waals surface area contributed by atoms with Gasteiger partial charge in [-0.1, -0.05) is 15.9 Å². The van der Waals surface area contributed by atoms with Crippen molar-refractivity contribution in [3.05, 3.63) is 28.2 Å². The zero-order valence-corrected chi connectivity index (χ0v) is 12.5. The molecule has 3 nitrogen and oxygen atoms in total. The number of halogens is 1. The van der Waals surface area contributed by atoms with E-state index in [1.54, 1.807) is 7.11 Å². The molecule has 1 aliphatic heterocycles. The van der Waals surface area contributed by atoms with E-state index in [1.165, 1.54) is 5.56 Å². The van der Waals surface area contributed by atoms with Crippen molar-refractivity contribution in [3.63, 3.8) is 0 Å². The first-order valence-corrected chi connectivity index (χ1v) is 7.17. The maximum absolute atomic E-state index is 5.69. The Morgan fingerprint density at radius 1 is 1.56 bits per heavy atom. The fraction of sp³-hybridized carbons (Fsp3) is 0.571. The lowest BCUT2D eigenvalue weighted by atomic mass is 9.99. The first-order valence-electron chi connectivity index (χ1n) is 6.38. The molecule has 0 aliphatic carbocycles. The number of hydrogen-bond donors (Lipinski definition) is 1. The van der Waals surface area contributed by atoms with Crippen molar-refractivity contribution >= 4 is 15.9 Å². The van der Waals surface area contributed by atoms with Gasteiger partial charge in [0.15, 0.2) is 0 Å². The van der Waals surface area contributed by atoms with Crippen LogP contribution in [-0.2, 0) is 4.74 Å². The maximum Gasteiger partial charge on any atom is 0.124 e. The first-order chi connectivity index (χ1) is 8.70. The summed E-state index contributed by atoms with van der Waals surface area (Å²) in [5, 5.41) is 3.66. The molecule has 0 saturated carbocycles. The molecule has 0 saturated heterocycles. The van der Waals surface area contributed by atoms with Gasteiger partial charge in [0.05, 0.1) is 6.61 Å². The molecule has 100 valence electrons. The molecule has 0 radical (unpaired) electrons. The Bertz CT molecular complexity index is 397. The quantitative estimate of drug-likeness (QED) is 0.905. The third kappa shape index (κ3) is 3.46. The summed E-state index contributed by atoms with van der Waals surface area (Å²) in [6.45, 7) is 3.78. The van der Waals surface area contributed by atoms with Gasteiger partial charge in [-0.15, -0.1) is 0 Å². The van der Waals surface area contributed by atoms with Crippen LogP contribution in [0.25, 0.3) is 0 Å². The van der Waals surface area contributed by atoms with Gasteiger partial charge in [0.1, 0.15) is 5.75 Å². The van der Waals surface area contributed by atoms with Gasteiger partial charge in [0.25, 0.3) is 0 Å². The SMILES string of the molecule is COCCC(C)NC1CCOc2ccc(Br)cc21. The smallest absolute Gasteiger partial charge is 0.124 e. The molecule has 2 rings (SSSR count). The van der Waals surface area contributed by atoms with E-state index in [0.717, 1.165) is 36.3 Å². The molecule has 0 aromatic heterocycles. The molecule has 0 spiro atoms. The van der Waals surface area contributed by atoms with E-state index in [0.29, 0.717) is 12.1 Å². The monoisotopic (exact) mass is 313 g/mol. The van der Waals surface area contributed by atoms with E-state index in [4.69, 9.17) is 9.47 Å². The van der Waals surface area contributed by atoms with Crippen LogP contribution in [0.3, 0.4) is 0 Å². The Labute approximate surface area is 117 Å². The third-order valence-corrected chi connectivity index (χ3v) is 3.75. The van der Waals surface area contributed by atoms with Gasteiger partial charge in [0, 0.05) is 42.3 Å². The van der Waals surface area contributed by atoms with E-state index >= 15 is 0 Å². The summed E-state index contributed by atoms with van der Waals surface area (Å²) in [7, 11) is 1.74. The molecule has 2 unspecified atom stereocenters. The highest BCUT2D eigenvalue weighted by Crippen LogP contribution is 2.34. The molecule has 1 aromatic rings. The number of methoxy groups -OCH3 is 1. The second kappa shape index (κ2) is 6.55. The lowest BCUT2D eigenvalue weighted by Crippen LogP contribution is -2.34. The second-order valence-corrected chi connectivity index (χ2v) is 5.64. The van der Waals surface area contributed by atoms with Crippen LogP contribution in [0.15, 0.2) is 22.7 Å². The summed E-state index contributed by atoms with van der Waals surface area (Å²) in [6.07, 6.45) is 2.04. The average Bonchev–Trinajstić information content (AvgIpc) is 2.37. The minimum absolute atomic E-state index is 0.373. The predicted molar refractivity (Wildman–Crippen MR) is 76.1 cm³/mol. The predicted octanol–water partition coefficient (Wildman–Crippen LogP) is 3.29. The van der Waals surface area contributed by atoms with Crippen LogP contribution in [0.1, 0.15) is 31.4 Å². The van der Waals surface area contributed by atoms with Crippen LogP contribution in [0, 0.1) is 0 Å². The Balaban J connectivity index is 2.05. The standard InChI is InChI=1S/C14H20BrNO2/c1-10(5-7-17-2)16-13-6-8-18-14-4-3-11(15)9-12(13)14/h3-4,9-10,13,16H,5-8H2,1-2H3. The highest BCUT2D eigenvalue weighted by molar-refractivity contribution is 9.10. The molecule has 1 N–H and O–H groups in total. The Morgan fingerprint density at radius 2 is 2.39 bits per heavy atom. The van der Waals surface area contributed by atoms with Gasteiger partial charge >= 0.3 is 0 Å². The fourth-order valence-corrected chi connectivity index (χ4v) is 2.64. The third-order valence-electron chi connectivity index (χ3n) is 3.25. The van der Waals surface area contributed by atoms with Crippen LogP contribution in [0.5, 0.6) is 5.75 Å². The molecular weight excluding hydrogens is 294 g/mol. The summed E-state index contributed by atoms with van der Waals surface area (Å²) in [4.78, 5) is 0. The normalized spacial score (nSPS) is 20.1. The largest absolute Gasteiger partial charge is 0.493 e. The van der Waals surface area contributed by atoms with Crippen LogP contribution >= 0.6 is 15.9 Å². The van der Waals surface area contributed by atoms with Crippen molar-refractivity contribution < 1.29 is 9.47 Å². The number of ether oxygens (including phenoxy) is 2. The molecule has 1 aliphatic rings. The van der Waals surface area contributed by atoms with Crippen molar-refractivity contribution in [3.8, 4) is 5.75 Å². The fourth-order valence-electron chi connectivity index (χ4n) is 2.26. The van der Waals surface area contributed by atoms with Gasteiger partial charge in [-0.25, -0.2) is 0 Å². The minimum atomic E-state index is 0.373. The van der Waals surface area contributed by atoms with Gasteiger partial charge < -0.3 is 14.8 Å².